The Kier molecular flexibility index (Phi) is 9.99. The van der Waals surface area contributed by atoms with Crippen molar-refractivity contribution in [3.63, 3.8) is 0 Å². The van der Waals surface area contributed by atoms with Crippen molar-refractivity contribution >= 4 is 44.4 Å². The van der Waals surface area contributed by atoms with Gasteiger partial charge in [-0.05, 0) is 75.6 Å². The van der Waals surface area contributed by atoms with Gasteiger partial charge in [0.2, 0.25) is 27.7 Å². The number of pyridine rings is 1. The number of rotatable bonds is 12. The number of alkyl halides is 4. The van der Waals surface area contributed by atoms with Crippen LogP contribution in [0, 0.1) is 5.92 Å². The van der Waals surface area contributed by atoms with Gasteiger partial charge in [0.25, 0.3) is 5.91 Å². The van der Waals surface area contributed by atoms with Gasteiger partial charge in [-0.15, -0.1) is 0 Å². The van der Waals surface area contributed by atoms with Crippen molar-refractivity contribution < 1.29 is 54.6 Å². The first-order valence-corrected chi connectivity index (χ1v) is 17.8. The van der Waals surface area contributed by atoms with Gasteiger partial charge in [0.1, 0.15) is 40.9 Å². The van der Waals surface area contributed by atoms with Gasteiger partial charge in [-0.25, -0.2) is 22.8 Å². The molecule has 3 aliphatic rings. The molecule has 1 saturated heterocycles. The number of halogens is 4. The van der Waals surface area contributed by atoms with E-state index in [-0.39, 0.29) is 38.1 Å². The Hall–Kier alpha value is -4.22. The van der Waals surface area contributed by atoms with Gasteiger partial charge in [-0.1, -0.05) is 6.92 Å². The van der Waals surface area contributed by atoms with E-state index in [9.17, 15) is 40.4 Å². The molecule has 280 valence electrons. The number of amides is 3. The highest BCUT2D eigenvalue weighted by atomic mass is 32.2. The van der Waals surface area contributed by atoms with Gasteiger partial charge < -0.3 is 24.4 Å². The van der Waals surface area contributed by atoms with E-state index in [0.717, 1.165) is 24.1 Å². The van der Waals surface area contributed by atoms with E-state index >= 15 is 0 Å². The van der Waals surface area contributed by atoms with Crippen molar-refractivity contribution in [2.24, 2.45) is 10.9 Å². The summed E-state index contributed by atoms with van der Waals surface area (Å²) in [5.41, 5.74) is -4.24. The predicted molar refractivity (Wildman–Crippen MR) is 176 cm³/mol. The normalized spacial score (nSPS) is 25.2. The number of sulfonamides is 1. The first-order chi connectivity index (χ1) is 23.7. The molecule has 1 aromatic carbocycles. The standard InChI is InChI=1S/C33H41F4N5O8S/c1-18-15-32(18,29(45)41-51(46,47)31(17-34)10-11-31)40-26(43)25-14-23(49-27-24-8-7-22(48-6)13-21(24)9-12-38-27)16-42(25)28(44)19(2)39-20(3)50-30(4,5)33(35,36)37/h7-9,12-13,18-19,23,25H,10-11,14-17H2,1-6H3,(H,40,43)(H,41,45). The number of likely N-dealkylation sites (tertiary alicyclic amines) is 1. The third-order valence-electron chi connectivity index (χ3n) is 9.79. The lowest BCUT2D eigenvalue weighted by Gasteiger charge is -2.29. The fourth-order valence-corrected chi connectivity index (χ4v) is 7.54. The first-order valence-electron chi connectivity index (χ1n) is 16.3. The van der Waals surface area contributed by atoms with E-state index in [2.05, 4.69) is 15.3 Å². The van der Waals surface area contributed by atoms with E-state index in [0.29, 0.717) is 11.1 Å². The Morgan fingerprint density at radius 3 is 2.41 bits per heavy atom. The molecule has 2 saturated carbocycles. The van der Waals surface area contributed by atoms with Gasteiger partial charge in [0.05, 0.1) is 13.7 Å². The topological polar surface area (TPSA) is 166 Å². The molecule has 5 rings (SSSR count). The van der Waals surface area contributed by atoms with Gasteiger partial charge in [-0.2, -0.15) is 13.2 Å². The Labute approximate surface area is 292 Å². The summed E-state index contributed by atoms with van der Waals surface area (Å²) in [5, 5.41) is 4.00. The third-order valence-corrected chi connectivity index (χ3v) is 11.9. The average Bonchev–Trinajstić information content (AvgIpc) is 3.94. The number of hydrogen-bond acceptors (Lipinski definition) is 10. The van der Waals surface area contributed by atoms with E-state index < -0.39 is 86.5 Å². The van der Waals surface area contributed by atoms with Crippen molar-refractivity contribution in [3.05, 3.63) is 30.5 Å². The Morgan fingerprint density at radius 1 is 1.18 bits per heavy atom. The molecule has 1 aromatic heterocycles. The molecule has 2 aromatic rings. The summed E-state index contributed by atoms with van der Waals surface area (Å²) in [6.07, 6.45) is -3.93. The molecule has 5 unspecified atom stereocenters. The van der Waals surface area contributed by atoms with Crippen LogP contribution >= 0.6 is 0 Å². The van der Waals surface area contributed by atoms with Gasteiger partial charge >= 0.3 is 6.18 Å². The molecule has 3 fully saturated rings. The minimum atomic E-state index is -4.73. The zero-order valence-corrected chi connectivity index (χ0v) is 29.8. The Balaban J connectivity index is 1.39. The molecule has 51 heavy (non-hydrogen) atoms. The second kappa shape index (κ2) is 13.4. The molecule has 1 aliphatic heterocycles. The van der Waals surface area contributed by atoms with Crippen molar-refractivity contribution in [2.45, 2.75) is 101 Å². The fourth-order valence-electron chi connectivity index (χ4n) is 6.11. The molecule has 0 bridgehead atoms. The van der Waals surface area contributed by atoms with Gasteiger partial charge in [0.15, 0.2) is 11.5 Å². The largest absolute Gasteiger partial charge is 0.497 e. The summed E-state index contributed by atoms with van der Waals surface area (Å²) in [6.45, 7) is 4.44. The number of aromatic nitrogens is 1. The monoisotopic (exact) mass is 743 g/mol. The second-order valence-electron chi connectivity index (χ2n) is 13.9. The Morgan fingerprint density at radius 2 is 1.84 bits per heavy atom. The second-order valence-corrected chi connectivity index (χ2v) is 16.0. The smallest absolute Gasteiger partial charge is 0.427 e. The number of benzene rings is 1. The molecule has 13 nitrogen and oxygen atoms in total. The highest BCUT2D eigenvalue weighted by molar-refractivity contribution is 7.91. The van der Waals surface area contributed by atoms with Crippen molar-refractivity contribution in [1.82, 2.24) is 19.9 Å². The van der Waals surface area contributed by atoms with Crippen LogP contribution in [0.4, 0.5) is 17.6 Å². The molecular formula is C33H41F4N5O8S. The third kappa shape index (κ3) is 7.42. The zero-order valence-electron chi connectivity index (χ0n) is 29.0. The van der Waals surface area contributed by atoms with Crippen LogP contribution < -0.4 is 19.5 Å². The summed E-state index contributed by atoms with van der Waals surface area (Å²) in [5.74, 6) is -2.65. The SMILES string of the molecule is COc1ccc2c(OC3CC(C(=O)NC4(C(=O)NS(=O)(=O)C5(CF)CC5)CC4C)N(C(=O)C(C)N=C(C)OC(C)(C)C(F)(F)F)C3)nccc2c1. The quantitative estimate of drug-likeness (QED) is 0.188. The number of hydrogen-bond donors (Lipinski definition) is 2. The summed E-state index contributed by atoms with van der Waals surface area (Å²) >= 11 is 0. The van der Waals surface area contributed by atoms with Crippen LogP contribution in [0.15, 0.2) is 35.5 Å². The van der Waals surface area contributed by atoms with E-state index in [1.54, 1.807) is 31.2 Å². The highest BCUT2D eigenvalue weighted by Gasteiger charge is 2.63. The molecule has 2 aliphatic carbocycles. The average molecular weight is 744 g/mol. The number of nitrogens with zero attached hydrogens (tertiary/aromatic N) is 3. The van der Waals surface area contributed by atoms with Gasteiger partial charge in [-0.3, -0.25) is 19.1 Å². The number of methoxy groups -OCH3 is 1. The highest BCUT2D eigenvalue weighted by Crippen LogP contribution is 2.47. The van der Waals surface area contributed by atoms with Gasteiger partial charge in [0, 0.05) is 24.9 Å². The predicted octanol–water partition coefficient (Wildman–Crippen LogP) is 3.60. The van der Waals surface area contributed by atoms with Crippen molar-refractivity contribution in [2.75, 3.05) is 20.3 Å². The van der Waals surface area contributed by atoms with Crippen LogP contribution in [-0.2, 0) is 29.1 Å². The number of aliphatic imine (C=N–C) groups is 1. The summed E-state index contributed by atoms with van der Waals surface area (Å²) in [4.78, 5) is 50.6. The van der Waals surface area contributed by atoms with E-state index in [1.165, 1.54) is 27.2 Å². The summed E-state index contributed by atoms with van der Waals surface area (Å²) in [6, 6.07) is 4.40. The first kappa shape index (κ1) is 38.0. The van der Waals surface area contributed by atoms with Crippen LogP contribution in [0.2, 0.25) is 0 Å². The number of fused-ring (bicyclic) bond motifs is 1. The number of carbonyl (C=O) groups is 3. The van der Waals surface area contributed by atoms with Crippen LogP contribution in [0.5, 0.6) is 11.6 Å². The lowest BCUT2D eigenvalue weighted by Crippen LogP contribution is -2.57. The zero-order chi connectivity index (χ0) is 37.7. The van der Waals surface area contributed by atoms with Crippen LogP contribution in [0.1, 0.15) is 60.3 Å². The van der Waals surface area contributed by atoms with E-state index in [1.807, 2.05) is 4.72 Å². The summed E-state index contributed by atoms with van der Waals surface area (Å²) < 4.78 is 96.3. The van der Waals surface area contributed by atoms with Crippen LogP contribution in [-0.4, -0.2) is 103 Å². The molecule has 3 amide bonds. The molecule has 18 heteroatoms. The molecule has 2 heterocycles. The number of carbonyl (C=O) groups excluding carboxylic acids is 3. The van der Waals surface area contributed by atoms with Crippen LogP contribution in [0.3, 0.4) is 0 Å². The molecular weight excluding hydrogens is 702 g/mol. The lowest BCUT2D eigenvalue weighted by molar-refractivity contribution is -0.239. The maximum Gasteiger partial charge on any atom is 0.427 e. The maximum atomic E-state index is 14.0. The molecule has 2 N–H and O–H groups in total. The molecule has 0 radical (unpaired) electrons. The van der Waals surface area contributed by atoms with Crippen molar-refractivity contribution in [1.29, 1.82) is 0 Å². The van der Waals surface area contributed by atoms with E-state index in [4.69, 9.17) is 14.2 Å². The fraction of sp³-hybridized carbons (Fsp3) is 0.606. The Bertz CT molecular complexity index is 1850. The minimum absolute atomic E-state index is 0.0551. The van der Waals surface area contributed by atoms with Crippen LogP contribution in [0.25, 0.3) is 10.8 Å². The van der Waals surface area contributed by atoms with Crippen molar-refractivity contribution in [3.8, 4) is 11.6 Å². The summed E-state index contributed by atoms with van der Waals surface area (Å²) in [7, 11) is -2.86. The lowest BCUT2D eigenvalue weighted by atomic mass is 10.1. The maximum absolute atomic E-state index is 14.0. The molecule has 5 atom stereocenters. The number of ether oxygens (including phenoxy) is 3. The molecule has 0 spiro atoms. The number of nitrogens with one attached hydrogen (secondary N) is 2. The minimum Gasteiger partial charge on any atom is -0.497 e.